The lowest BCUT2D eigenvalue weighted by atomic mass is 10.1. The van der Waals surface area contributed by atoms with Crippen molar-refractivity contribution < 1.29 is 29.3 Å². The lowest BCUT2D eigenvalue weighted by Gasteiger charge is -2.28. The molecule has 2 N–H and O–H groups in total. The maximum absolute atomic E-state index is 12.1. The molecule has 0 aliphatic carbocycles. The summed E-state index contributed by atoms with van der Waals surface area (Å²) in [6.45, 7) is 0.146. The lowest BCUT2D eigenvalue weighted by molar-refractivity contribution is -0.134. The molecular formula is C14H14N2O6. The topological polar surface area (TPSA) is 108 Å². The first-order chi connectivity index (χ1) is 9.99. The quantitative estimate of drug-likeness (QED) is 0.537. The number of fused-ring (bicyclic) bond motifs is 1. The second-order valence-corrected chi connectivity index (χ2v) is 4.68. The van der Waals surface area contributed by atoms with Crippen LogP contribution in [-0.2, 0) is 9.59 Å². The predicted molar refractivity (Wildman–Crippen MR) is 75.1 cm³/mol. The van der Waals surface area contributed by atoms with Crippen molar-refractivity contribution in [3.05, 3.63) is 29.3 Å². The highest BCUT2D eigenvalue weighted by Gasteiger charge is 2.37. The molecule has 1 aromatic carbocycles. The Bertz CT molecular complexity index is 671. The number of urea groups is 1. The Labute approximate surface area is 125 Å². The number of carbonyl (C=O) groups is 3. The van der Waals surface area contributed by atoms with Gasteiger partial charge in [-0.05, 0) is 23.8 Å². The Morgan fingerprint density at radius 3 is 2.23 bits per heavy atom. The summed E-state index contributed by atoms with van der Waals surface area (Å²) in [5.41, 5.74) is 0.547. The van der Waals surface area contributed by atoms with Crippen molar-refractivity contribution in [1.82, 2.24) is 9.80 Å². The highest BCUT2D eigenvalue weighted by atomic mass is 16.7. The summed E-state index contributed by atoms with van der Waals surface area (Å²) in [7, 11) is 2.67. The molecule has 0 aromatic heterocycles. The van der Waals surface area contributed by atoms with Crippen molar-refractivity contribution in [3.8, 4) is 11.5 Å². The average Bonchev–Trinajstić information content (AvgIpc) is 2.95. The van der Waals surface area contributed by atoms with E-state index in [9.17, 15) is 14.4 Å². The van der Waals surface area contributed by atoms with Crippen LogP contribution in [0.15, 0.2) is 23.8 Å². The van der Waals surface area contributed by atoms with Gasteiger partial charge in [-0.2, -0.15) is 0 Å². The molecular weight excluding hydrogens is 292 g/mol. The van der Waals surface area contributed by atoms with Crippen LogP contribution in [0, 0.1) is 0 Å². The molecule has 0 bridgehead atoms. The summed E-state index contributed by atoms with van der Waals surface area (Å²) in [6, 6.07) is 4.43. The van der Waals surface area contributed by atoms with E-state index >= 15 is 0 Å². The van der Waals surface area contributed by atoms with E-state index in [2.05, 4.69) is 0 Å². The van der Waals surface area contributed by atoms with Crippen molar-refractivity contribution in [3.63, 3.8) is 0 Å². The van der Waals surface area contributed by atoms with Gasteiger partial charge in [-0.1, -0.05) is 6.07 Å². The number of benzene rings is 1. The van der Waals surface area contributed by atoms with Crippen molar-refractivity contribution in [2.75, 3.05) is 20.9 Å². The molecule has 8 heteroatoms. The molecule has 0 radical (unpaired) electrons. The van der Waals surface area contributed by atoms with E-state index in [1.807, 2.05) is 0 Å². The fourth-order valence-corrected chi connectivity index (χ4v) is 2.14. The van der Waals surface area contributed by atoms with Crippen LogP contribution in [0.1, 0.15) is 5.56 Å². The zero-order chi connectivity index (χ0) is 15.1. The third kappa shape index (κ3) is 2.29. The van der Waals surface area contributed by atoms with Crippen molar-refractivity contribution in [2.45, 2.75) is 0 Å². The SMILES string of the molecule is CN1C(=O)C(=Cc2ccc3c(c2)OCO3)C(=O)N(C)C1=O.O. The molecule has 1 aromatic rings. The molecule has 2 aliphatic heterocycles. The summed E-state index contributed by atoms with van der Waals surface area (Å²) >= 11 is 0. The Hall–Kier alpha value is -2.87. The van der Waals surface area contributed by atoms with Crippen LogP contribution in [0.25, 0.3) is 6.08 Å². The van der Waals surface area contributed by atoms with E-state index in [4.69, 9.17) is 9.47 Å². The Kier molecular flexibility index (Phi) is 3.87. The molecule has 4 amide bonds. The van der Waals surface area contributed by atoms with Gasteiger partial charge < -0.3 is 14.9 Å². The van der Waals surface area contributed by atoms with Crippen LogP contribution in [0.4, 0.5) is 4.79 Å². The number of barbiturate groups is 1. The van der Waals surface area contributed by atoms with E-state index < -0.39 is 17.8 Å². The van der Waals surface area contributed by atoms with Gasteiger partial charge in [-0.25, -0.2) is 4.79 Å². The lowest BCUT2D eigenvalue weighted by Crippen LogP contribution is -2.52. The van der Waals surface area contributed by atoms with Crippen LogP contribution in [0.3, 0.4) is 0 Å². The number of carbonyl (C=O) groups excluding carboxylic acids is 3. The van der Waals surface area contributed by atoms with Crippen molar-refractivity contribution >= 4 is 23.9 Å². The first-order valence-electron chi connectivity index (χ1n) is 6.20. The van der Waals surface area contributed by atoms with Gasteiger partial charge in [-0.3, -0.25) is 19.4 Å². The fourth-order valence-electron chi connectivity index (χ4n) is 2.14. The minimum atomic E-state index is -0.646. The van der Waals surface area contributed by atoms with Crippen LogP contribution < -0.4 is 9.47 Å². The number of hydrogen-bond acceptors (Lipinski definition) is 5. The summed E-state index contributed by atoms with van der Waals surface area (Å²) in [4.78, 5) is 37.6. The largest absolute Gasteiger partial charge is 0.454 e. The third-order valence-electron chi connectivity index (χ3n) is 3.35. The summed E-state index contributed by atoms with van der Waals surface area (Å²) < 4.78 is 10.4. The number of nitrogens with zero attached hydrogens (tertiary/aromatic N) is 2. The smallest absolute Gasteiger partial charge is 0.333 e. The third-order valence-corrected chi connectivity index (χ3v) is 3.35. The summed E-state index contributed by atoms with van der Waals surface area (Å²) in [5.74, 6) is -0.0813. The summed E-state index contributed by atoms with van der Waals surface area (Å²) in [5, 5.41) is 0. The molecule has 0 saturated carbocycles. The van der Waals surface area contributed by atoms with E-state index in [1.54, 1.807) is 18.2 Å². The zero-order valence-electron chi connectivity index (χ0n) is 12.0. The average molecular weight is 306 g/mol. The van der Waals surface area contributed by atoms with Crippen LogP contribution in [0.2, 0.25) is 0 Å². The molecule has 22 heavy (non-hydrogen) atoms. The van der Waals surface area contributed by atoms with E-state index in [-0.39, 0.29) is 17.8 Å². The number of ether oxygens (including phenoxy) is 2. The first kappa shape index (κ1) is 15.5. The van der Waals surface area contributed by atoms with Crippen LogP contribution in [0.5, 0.6) is 11.5 Å². The maximum Gasteiger partial charge on any atom is 0.333 e. The Balaban J connectivity index is 0.00000176. The van der Waals surface area contributed by atoms with E-state index in [0.717, 1.165) is 9.80 Å². The molecule has 0 unspecified atom stereocenters. The monoisotopic (exact) mass is 306 g/mol. The molecule has 8 nitrogen and oxygen atoms in total. The second kappa shape index (κ2) is 5.49. The van der Waals surface area contributed by atoms with Gasteiger partial charge in [0.25, 0.3) is 11.8 Å². The van der Waals surface area contributed by atoms with E-state index in [1.165, 1.54) is 20.2 Å². The molecule has 2 heterocycles. The minimum Gasteiger partial charge on any atom is -0.454 e. The number of amides is 4. The Morgan fingerprint density at radius 1 is 1.00 bits per heavy atom. The number of imide groups is 2. The Morgan fingerprint density at radius 2 is 1.59 bits per heavy atom. The highest BCUT2D eigenvalue weighted by molar-refractivity contribution is 6.30. The van der Waals surface area contributed by atoms with Gasteiger partial charge in [-0.15, -0.1) is 0 Å². The molecule has 116 valence electrons. The van der Waals surface area contributed by atoms with E-state index in [0.29, 0.717) is 17.1 Å². The molecule has 2 aliphatic rings. The van der Waals surface area contributed by atoms with Crippen molar-refractivity contribution in [2.24, 2.45) is 0 Å². The molecule has 0 spiro atoms. The van der Waals surface area contributed by atoms with Gasteiger partial charge in [0.1, 0.15) is 5.57 Å². The number of hydrogen-bond donors (Lipinski definition) is 0. The molecule has 1 fully saturated rings. The predicted octanol–water partition coefficient (Wildman–Crippen LogP) is 0.0244. The molecule has 1 saturated heterocycles. The number of rotatable bonds is 1. The van der Waals surface area contributed by atoms with Crippen LogP contribution >= 0.6 is 0 Å². The normalized spacial score (nSPS) is 16.8. The second-order valence-electron chi connectivity index (χ2n) is 4.68. The maximum atomic E-state index is 12.1. The van der Waals surface area contributed by atoms with Gasteiger partial charge in [0, 0.05) is 14.1 Å². The highest BCUT2D eigenvalue weighted by Crippen LogP contribution is 2.33. The first-order valence-corrected chi connectivity index (χ1v) is 6.20. The number of likely N-dealkylation sites (N-methyl/N-ethyl adjacent to an activating group) is 2. The van der Waals surface area contributed by atoms with Gasteiger partial charge in [0.15, 0.2) is 11.5 Å². The summed E-state index contributed by atoms with van der Waals surface area (Å²) in [6.07, 6.45) is 1.44. The standard InChI is InChI=1S/C14H12N2O5.H2O/c1-15-12(17)9(13(18)16(2)14(15)19)5-8-3-4-10-11(6-8)21-7-20-10;/h3-6H,7H2,1-2H3;1H2. The van der Waals surface area contributed by atoms with Crippen LogP contribution in [-0.4, -0.2) is 54.0 Å². The molecule has 0 atom stereocenters. The van der Waals surface area contributed by atoms with Crippen molar-refractivity contribution in [1.29, 1.82) is 0 Å². The zero-order valence-corrected chi connectivity index (χ0v) is 12.0. The van der Waals surface area contributed by atoms with Gasteiger partial charge in [0.05, 0.1) is 0 Å². The fraction of sp³-hybridized carbons (Fsp3) is 0.214. The molecule has 3 rings (SSSR count). The van der Waals surface area contributed by atoms with Gasteiger partial charge in [0.2, 0.25) is 6.79 Å². The van der Waals surface area contributed by atoms with Gasteiger partial charge >= 0.3 is 6.03 Å². The minimum absolute atomic E-state index is 0.